The van der Waals surface area contributed by atoms with E-state index in [-0.39, 0.29) is 22.6 Å². The van der Waals surface area contributed by atoms with E-state index in [9.17, 15) is 18.0 Å². The molecule has 0 aromatic heterocycles. The second kappa shape index (κ2) is 10.8. The van der Waals surface area contributed by atoms with E-state index in [1.54, 1.807) is 25.1 Å². The molecule has 10 heteroatoms. The highest BCUT2D eigenvalue weighted by atomic mass is 32.2. The molecule has 0 atom stereocenters. The summed E-state index contributed by atoms with van der Waals surface area (Å²) >= 11 is 0. The summed E-state index contributed by atoms with van der Waals surface area (Å²) in [6, 6.07) is 17.9. The van der Waals surface area contributed by atoms with Gasteiger partial charge in [0.25, 0.3) is 11.8 Å². The van der Waals surface area contributed by atoms with E-state index in [0.717, 1.165) is 5.56 Å². The summed E-state index contributed by atoms with van der Waals surface area (Å²) < 4.78 is 38.3. The molecule has 3 N–H and O–H groups in total. The maximum Gasteiger partial charge on any atom is 0.270 e. The molecule has 178 valence electrons. The summed E-state index contributed by atoms with van der Waals surface area (Å²) in [5.41, 5.74) is 6.28. The van der Waals surface area contributed by atoms with Crippen LogP contribution in [0.15, 0.2) is 71.6 Å². The molecule has 0 aliphatic carbocycles. The first-order valence-corrected chi connectivity index (χ1v) is 11.7. The van der Waals surface area contributed by atoms with Gasteiger partial charge in [-0.3, -0.25) is 20.4 Å². The summed E-state index contributed by atoms with van der Waals surface area (Å²) in [5, 5.41) is 0. The van der Waals surface area contributed by atoms with Gasteiger partial charge in [-0.25, -0.2) is 13.1 Å². The normalized spacial score (nSPS) is 10.9. The van der Waals surface area contributed by atoms with Crippen LogP contribution in [0.2, 0.25) is 0 Å². The van der Waals surface area contributed by atoms with Crippen molar-refractivity contribution in [2.24, 2.45) is 0 Å². The highest BCUT2D eigenvalue weighted by molar-refractivity contribution is 7.89. The maximum atomic E-state index is 12.7. The van der Waals surface area contributed by atoms with Gasteiger partial charge in [-0.15, -0.1) is 0 Å². The number of amides is 2. The molecule has 3 aromatic carbocycles. The first-order valence-electron chi connectivity index (χ1n) is 10.2. The van der Waals surface area contributed by atoms with Gasteiger partial charge in [0.05, 0.1) is 19.1 Å². The van der Waals surface area contributed by atoms with Crippen LogP contribution in [0, 0.1) is 6.92 Å². The number of rotatable bonds is 8. The molecule has 34 heavy (non-hydrogen) atoms. The first-order chi connectivity index (χ1) is 16.2. The Morgan fingerprint density at radius 3 is 2.06 bits per heavy atom. The lowest BCUT2D eigenvalue weighted by molar-refractivity contribution is 0.0846. The van der Waals surface area contributed by atoms with Crippen LogP contribution < -0.4 is 25.0 Å². The van der Waals surface area contributed by atoms with Crippen molar-refractivity contribution < 1.29 is 27.5 Å². The van der Waals surface area contributed by atoms with Crippen molar-refractivity contribution >= 4 is 21.8 Å². The van der Waals surface area contributed by atoms with Crippen LogP contribution in [0.4, 0.5) is 0 Å². The zero-order valence-corrected chi connectivity index (χ0v) is 19.7. The average molecular weight is 484 g/mol. The van der Waals surface area contributed by atoms with Crippen molar-refractivity contribution in [3.63, 3.8) is 0 Å². The number of hydrazine groups is 1. The number of hydrogen-bond donors (Lipinski definition) is 3. The Morgan fingerprint density at radius 2 is 1.44 bits per heavy atom. The van der Waals surface area contributed by atoms with Crippen molar-refractivity contribution in [1.82, 2.24) is 15.6 Å². The SMILES string of the molecule is COc1cc(OC)cc(C(=O)NNC(=O)c2cc(S(=O)(=O)NCc3ccccc3)ccc2C)c1. The van der Waals surface area contributed by atoms with Gasteiger partial charge in [0.2, 0.25) is 10.0 Å². The fourth-order valence-electron chi connectivity index (χ4n) is 3.06. The molecular weight excluding hydrogens is 458 g/mol. The van der Waals surface area contributed by atoms with Crippen molar-refractivity contribution in [3.8, 4) is 11.5 Å². The zero-order chi connectivity index (χ0) is 24.7. The lowest BCUT2D eigenvalue weighted by atomic mass is 10.1. The standard InChI is InChI=1S/C24H25N3O6S/c1-16-9-10-21(34(30,31)25-15-17-7-5-4-6-8-17)14-22(16)24(29)27-26-23(28)18-11-19(32-2)13-20(12-18)33-3/h4-14,25H,15H2,1-3H3,(H,26,28)(H,27,29). The van der Waals surface area contributed by atoms with E-state index in [1.807, 2.05) is 18.2 Å². The van der Waals surface area contributed by atoms with Gasteiger partial charge in [-0.05, 0) is 42.3 Å². The minimum atomic E-state index is -3.87. The number of carbonyl (C=O) groups excluding carboxylic acids is 2. The van der Waals surface area contributed by atoms with E-state index in [4.69, 9.17) is 9.47 Å². The highest BCUT2D eigenvalue weighted by Gasteiger charge is 2.19. The van der Waals surface area contributed by atoms with E-state index in [1.165, 1.54) is 44.6 Å². The van der Waals surface area contributed by atoms with Crippen molar-refractivity contribution in [2.75, 3.05) is 14.2 Å². The second-order valence-electron chi connectivity index (χ2n) is 7.30. The van der Waals surface area contributed by atoms with Gasteiger partial charge in [0.15, 0.2) is 0 Å². The Kier molecular flexibility index (Phi) is 7.87. The number of nitrogens with one attached hydrogen (secondary N) is 3. The van der Waals surface area contributed by atoms with Gasteiger partial charge in [0.1, 0.15) is 11.5 Å². The molecular formula is C24H25N3O6S. The number of sulfonamides is 1. The first kappa shape index (κ1) is 24.7. The van der Waals surface area contributed by atoms with Gasteiger partial charge in [0, 0.05) is 23.7 Å². The molecule has 0 aliphatic rings. The van der Waals surface area contributed by atoms with Crippen LogP contribution in [0.5, 0.6) is 11.5 Å². The minimum absolute atomic E-state index is 0.0666. The van der Waals surface area contributed by atoms with Crippen LogP contribution in [0.1, 0.15) is 31.8 Å². The summed E-state index contributed by atoms with van der Waals surface area (Å²) in [4.78, 5) is 25.2. The predicted molar refractivity (Wildman–Crippen MR) is 126 cm³/mol. The zero-order valence-electron chi connectivity index (χ0n) is 18.9. The Hall–Kier alpha value is -3.89. The number of ether oxygens (including phenoxy) is 2. The van der Waals surface area contributed by atoms with Crippen molar-refractivity contribution in [2.45, 2.75) is 18.4 Å². The molecule has 0 spiro atoms. The van der Waals surface area contributed by atoms with Crippen LogP contribution in [-0.2, 0) is 16.6 Å². The largest absolute Gasteiger partial charge is 0.497 e. The molecule has 0 saturated carbocycles. The molecule has 3 aromatic rings. The van der Waals surface area contributed by atoms with Crippen LogP contribution in [0.3, 0.4) is 0 Å². The predicted octanol–water partition coefficient (Wildman–Crippen LogP) is 2.57. The third-order valence-corrected chi connectivity index (χ3v) is 6.38. The van der Waals surface area contributed by atoms with E-state index in [2.05, 4.69) is 15.6 Å². The summed E-state index contributed by atoms with van der Waals surface area (Å²) in [5.74, 6) is -0.447. The quantitative estimate of drug-likeness (QED) is 0.423. The van der Waals surface area contributed by atoms with E-state index in [0.29, 0.717) is 17.1 Å². The Balaban J connectivity index is 1.71. The third kappa shape index (κ3) is 6.12. The Labute approximate surface area is 198 Å². The topological polar surface area (TPSA) is 123 Å². The van der Waals surface area contributed by atoms with Crippen molar-refractivity contribution in [3.05, 3.63) is 89.0 Å². The van der Waals surface area contributed by atoms with Gasteiger partial charge in [-0.1, -0.05) is 36.4 Å². The number of hydrogen-bond acceptors (Lipinski definition) is 6. The molecule has 0 radical (unpaired) electrons. The highest BCUT2D eigenvalue weighted by Crippen LogP contribution is 2.22. The van der Waals surface area contributed by atoms with E-state index >= 15 is 0 Å². The lowest BCUT2D eigenvalue weighted by Crippen LogP contribution is -2.42. The molecule has 0 bridgehead atoms. The Morgan fingerprint density at radius 1 is 0.824 bits per heavy atom. The minimum Gasteiger partial charge on any atom is -0.497 e. The maximum absolute atomic E-state index is 12.7. The molecule has 3 rings (SSSR count). The fourth-order valence-corrected chi connectivity index (χ4v) is 4.11. The molecule has 0 heterocycles. The summed E-state index contributed by atoms with van der Waals surface area (Å²) in [7, 11) is -0.956. The smallest absolute Gasteiger partial charge is 0.270 e. The van der Waals surface area contributed by atoms with Crippen LogP contribution in [0.25, 0.3) is 0 Å². The van der Waals surface area contributed by atoms with Gasteiger partial charge < -0.3 is 9.47 Å². The number of carbonyl (C=O) groups is 2. The summed E-state index contributed by atoms with van der Waals surface area (Å²) in [6.45, 7) is 1.77. The average Bonchev–Trinajstić information content (AvgIpc) is 2.86. The summed E-state index contributed by atoms with van der Waals surface area (Å²) in [6.07, 6.45) is 0. The van der Waals surface area contributed by atoms with Gasteiger partial charge >= 0.3 is 0 Å². The molecule has 9 nitrogen and oxygen atoms in total. The molecule has 0 saturated heterocycles. The second-order valence-corrected chi connectivity index (χ2v) is 9.06. The fraction of sp³-hybridized carbons (Fsp3) is 0.167. The van der Waals surface area contributed by atoms with Crippen molar-refractivity contribution in [1.29, 1.82) is 0 Å². The van der Waals surface area contributed by atoms with Crippen LogP contribution in [-0.4, -0.2) is 34.5 Å². The van der Waals surface area contributed by atoms with Crippen LogP contribution >= 0.6 is 0 Å². The monoisotopic (exact) mass is 483 g/mol. The number of aryl methyl sites for hydroxylation is 1. The number of methoxy groups -OCH3 is 2. The molecule has 0 unspecified atom stereocenters. The lowest BCUT2D eigenvalue weighted by Gasteiger charge is -2.13. The molecule has 2 amide bonds. The third-order valence-electron chi connectivity index (χ3n) is 4.98. The van der Waals surface area contributed by atoms with E-state index < -0.39 is 21.8 Å². The Bertz CT molecular complexity index is 1270. The van der Waals surface area contributed by atoms with Gasteiger partial charge in [-0.2, -0.15) is 0 Å². The molecule has 0 fully saturated rings. The molecule has 0 aliphatic heterocycles. The number of benzene rings is 3.